The Balaban J connectivity index is 1.29. The molecule has 44 heavy (non-hydrogen) atoms. The summed E-state index contributed by atoms with van der Waals surface area (Å²) in [7, 11) is 2.67. The highest BCUT2D eigenvalue weighted by atomic mass is 16.5. The SMILES string of the molecule is COC(=O)c1ccc(OCCCc2ccc(OCc3ccc(OC(C)C)cc3)cc2)c(C(=O)N2CCC(C(=O)OC)CC2)c1. The molecule has 0 unspecified atom stereocenters. The van der Waals surface area contributed by atoms with Crippen molar-refractivity contribution in [2.45, 2.75) is 52.2 Å². The maximum Gasteiger partial charge on any atom is 0.337 e. The first-order valence-corrected chi connectivity index (χ1v) is 15.0. The van der Waals surface area contributed by atoms with Crippen molar-refractivity contribution >= 4 is 17.8 Å². The van der Waals surface area contributed by atoms with Crippen LogP contribution in [0.4, 0.5) is 0 Å². The molecule has 1 fully saturated rings. The monoisotopic (exact) mass is 603 g/mol. The van der Waals surface area contributed by atoms with Crippen LogP contribution in [0.2, 0.25) is 0 Å². The number of amides is 1. The molecule has 234 valence electrons. The van der Waals surface area contributed by atoms with Crippen LogP contribution in [0.15, 0.2) is 66.7 Å². The van der Waals surface area contributed by atoms with Crippen molar-refractivity contribution in [2.75, 3.05) is 33.9 Å². The molecule has 0 spiro atoms. The van der Waals surface area contributed by atoms with Gasteiger partial charge < -0.3 is 28.6 Å². The summed E-state index contributed by atoms with van der Waals surface area (Å²) in [5.41, 5.74) is 2.77. The number of likely N-dealkylation sites (tertiary alicyclic amines) is 1. The van der Waals surface area contributed by atoms with Crippen molar-refractivity contribution in [3.63, 3.8) is 0 Å². The lowest BCUT2D eigenvalue weighted by Crippen LogP contribution is -2.40. The van der Waals surface area contributed by atoms with Crippen LogP contribution in [0.25, 0.3) is 0 Å². The van der Waals surface area contributed by atoms with E-state index in [0.29, 0.717) is 50.5 Å². The molecule has 1 aliphatic heterocycles. The highest BCUT2D eigenvalue weighted by molar-refractivity contribution is 6.00. The smallest absolute Gasteiger partial charge is 0.337 e. The number of ether oxygens (including phenoxy) is 5. The number of rotatable bonds is 13. The van der Waals surface area contributed by atoms with Crippen LogP contribution in [-0.2, 0) is 27.3 Å². The molecule has 1 saturated heterocycles. The van der Waals surface area contributed by atoms with Gasteiger partial charge in [-0.25, -0.2) is 4.79 Å². The average Bonchev–Trinajstić information content (AvgIpc) is 3.05. The Morgan fingerprint density at radius 2 is 1.48 bits per heavy atom. The molecule has 4 rings (SSSR count). The van der Waals surface area contributed by atoms with Crippen molar-refractivity contribution in [1.82, 2.24) is 4.90 Å². The summed E-state index contributed by atoms with van der Waals surface area (Å²) in [5.74, 6) is 0.789. The molecule has 3 aromatic carbocycles. The summed E-state index contributed by atoms with van der Waals surface area (Å²) in [5, 5.41) is 0. The third-order valence-corrected chi connectivity index (χ3v) is 7.44. The quantitative estimate of drug-likeness (QED) is 0.177. The molecule has 9 heteroatoms. The largest absolute Gasteiger partial charge is 0.493 e. The minimum atomic E-state index is -0.531. The molecule has 0 bridgehead atoms. The molecule has 0 atom stereocenters. The Morgan fingerprint density at radius 3 is 2.11 bits per heavy atom. The Bertz CT molecular complexity index is 1390. The van der Waals surface area contributed by atoms with Crippen molar-refractivity contribution in [1.29, 1.82) is 0 Å². The van der Waals surface area contributed by atoms with E-state index in [9.17, 15) is 14.4 Å². The lowest BCUT2D eigenvalue weighted by molar-refractivity contribution is -0.146. The zero-order chi connectivity index (χ0) is 31.5. The predicted octanol–water partition coefficient (Wildman–Crippen LogP) is 5.88. The second kappa shape index (κ2) is 15.8. The van der Waals surface area contributed by atoms with Crippen molar-refractivity contribution in [3.05, 3.63) is 89.0 Å². The van der Waals surface area contributed by atoms with E-state index in [1.807, 2.05) is 62.4 Å². The first-order valence-electron chi connectivity index (χ1n) is 15.0. The summed E-state index contributed by atoms with van der Waals surface area (Å²) in [6.45, 7) is 5.69. The predicted molar refractivity (Wildman–Crippen MR) is 165 cm³/mol. The third-order valence-electron chi connectivity index (χ3n) is 7.44. The van der Waals surface area contributed by atoms with Crippen molar-refractivity contribution in [3.8, 4) is 17.2 Å². The first-order chi connectivity index (χ1) is 21.3. The van der Waals surface area contributed by atoms with E-state index < -0.39 is 5.97 Å². The second-order valence-electron chi connectivity index (χ2n) is 11.0. The molecular formula is C35H41NO8. The Hall–Kier alpha value is -4.53. The van der Waals surface area contributed by atoms with E-state index in [0.717, 1.165) is 35.5 Å². The Morgan fingerprint density at radius 1 is 0.818 bits per heavy atom. The number of benzene rings is 3. The lowest BCUT2D eigenvalue weighted by Gasteiger charge is -2.31. The normalized spacial score (nSPS) is 13.3. The van der Waals surface area contributed by atoms with Crippen LogP contribution in [0.3, 0.4) is 0 Å². The summed E-state index contributed by atoms with van der Waals surface area (Å²) < 4.78 is 27.4. The second-order valence-corrected chi connectivity index (χ2v) is 11.0. The number of carbonyl (C=O) groups excluding carboxylic acids is 3. The average molecular weight is 604 g/mol. The minimum Gasteiger partial charge on any atom is -0.493 e. The van der Waals surface area contributed by atoms with Crippen molar-refractivity contribution < 1.29 is 38.1 Å². The highest BCUT2D eigenvalue weighted by Crippen LogP contribution is 2.26. The number of hydrogen-bond acceptors (Lipinski definition) is 8. The van der Waals surface area contributed by atoms with Gasteiger partial charge in [0.2, 0.25) is 0 Å². The highest BCUT2D eigenvalue weighted by Gasteiger charge is 2.30. The van der Waals surface area contributed by atoms with Gasteiger partial charge in [-0.05, 0) is 93.1 Å². The number of nitrogens with zero attached hydrogens (tertiary/aromatic N) is 1. The molecule has 0 saturated carbocycles. The van der Waals surface area contributed by atoms with Gasteiger partial charge in [0, 0.05) is 13.1 Å². The van der Waals surface area contributed by atoms with Gasteiger partial charge in [-0.3, -0.25) is 9.59 Å². The molecular weight excluding hydrogens is 562 g/mol. The molecule has 0 aromatic heterocycles. The third kappa shape index (κ3) is 8.99. The maximum atomic E-state index is 13.5. The topological polar surface area (TPSA) is 101 Å². The maximum absolute atomic E-state index is 13.5. The number of methoxy groups -OCH3 is 2. The number of carbonyl (C=O) groups is 3. The summed E-state index contributed by atoms with van der Waals surface area (Å²) in [6, 6.07) is 20.6. The van der Waals surface area contributed by atoms with E-state index in [-0.39, 0.29) is 29.5 Å². The Kier molecular flexibility index (Phi) is 11.6. The van der Waals surface area contributed by atoms with E-state index in [1.54, 1.807) is 17.0 Å². The molecule has 9 nitrogen and oxygen atoms in total. The fourth-order valence-corrected chi connectivity index (χ4v) is 5.04. The van der Waals surface area contributed by atoms with E-state index >= 15 is 0 Å². The number of piperidine rings is 1. The standard InChI is InChI=1S/C35H41NO8/c1-24(2)44-30-14-9-26(10-15-30)23-43-29-12-7-25(8-13-29)6-5-21-42-32-16-11-28(35(39)41-4)22-31(32)33(37)36-19-17-27(18-20-36)34(38)40-3/h7-16,22,24,27H,5-6,17-21,23H2,1-4H3. The fourth-order valence-electron chi connectivity index (χ4n) is 5.04. The number of hydrogen-bond donors (Lipinski definition) is 0. The first kappa shape index (κ1) is 32.4. The van der Waals surface area contributed by atoms with Crippen molar-refractivity contribution in [2.24, 2.45) is 5.92 Å². The summed E-state index contributed by atoms with van der Waals surface area (Å²) >= 11 is 0. The zero-order valence-electron chi connectivity index (χ0n) is 25.9. The number of esters is 2. The molecule has 0 radical (unpaired) electrons. The van der Waals surface area contributed by atoms with Gasteiger partial charge in [0.1, 0.15) is 23.9 Å². The van der Waals surface area contributed by atoms with Crippen LogP contribution in [0.1, 0.15) is 65.0 Å². The molecule has 3 aromatic rings. The Labute approximate surface area is 259 Å². The van der Waals surface area contributed by atoms with Gasteiger partial charge in [-0.2, -0.15) is 0 Å². The zero-order valence-corrected chi connectivity index (χ0v) is 25.9. The molecule has 0 aliphatic carbocycles. The van der Waals surface area contributed by atoms with Crippen LogP contribution >= 0.6 is 0 Å². The van der Waals surface area contributed by atoms with Crippen LogP contribution in [0, 0.1) is 5.92 Å². The summed E-state index contributed by atoms with van der Waals surface area (Å²) in [4.78, 5) is 39.2. The minimum absolute atomic E-state index is 0.137. The van der Waals surface area contributed by atoms with Gasteiger partial charge in [0.15, 0.2) is 0 Å². The summed E-state index contributed by atoms with van der Waals surface area (Å²) in [6.07, 6.45) is 2.69. The van der Waals surface area contributed by atoms with Gasteiger partial charge in [-0.1, -0.05) is 24.3 Å². The fraction of sp³-hybridized carbons (Fsp3) is 0.400. The van der Waals surface area contributed by atoms with Crippen LogP contribution in [0.5, 0.6) is 17.2 Å². The molecule has 1 aliphatic rings. The van der Waals surface area contributed by atoms with Gasteiger partial charge >= 0.3 is 11.9 Å². The van der Waals surface area contributed by atoms with Gasteiger partial charge in [-0.15, -0.1) is 0 Å². The molecule has 1 heterocycles. The van der Waals surface area contributed by atoms with E-state index in [4.69, 9.17) is 23.7 Å². The van der Waals surface area contributed by atoms with Gasteiger partial charge in [0.05, 0.1) is 44.0 Å². The van der Waals surface area contributed by atoms with Crippen LogP contribution < -0.4 is 14.2 Å². The number of aryl methyl sites for hydroxylation is 1. The van der Waals surface area contributed by atoms with Gasteiger partial charge in [0.25, 0.3) is 5.91 Å². The molecule has 1 amide bonds. The van der Waals surface area contributed by atoms with E-state index in [2.05, 4.69) is 0 Å². The van der Waals surface area contributed by atoms with E-state index in [1.165, 1.54) is 20.3 Å². The van der Waals surface area contributed by atoms with Crippen LogP contribution in [-0.4, -0.2) is 62.8 Å². The lowest BCUT2D eigenvalue weighted by atomic mass is 9.96. The molecule has 0 N–H and O–H groups in total.